The van der Waals surface area contributed by atoms with E-state index in [1.54, 1.807) is 11.3 Å². The van der Waals surface area contributed by atoms with Gasteiger partial charge in [-0.05, 0) is 25.7 Å². The van der Waals surface area contributed by atoms with Gasteiger partial charge in [-0.25, -0.2) is 4.98 Å². The average Bonchev–Trinajstić information content (AvgIpc) is 3.04. The second kappa shape index (κ2) is 5.15. The van der Waals surface area contributed by atoms with Crippen molar-refractivity contribution in [1.82, 2.24) is 4.98 Å². The zero-order valence-electron chi connectivity index (χ0n) is 10.8. The molecule has 2 fully saturated rings. The molecular weight excluding hydrogens is 248 g/mol. The van der Waals surface area contributed by atoms with Gasteiger partial charge in [0.1, 0.15) is 0 Å². The predicted octanol–water partition coefficient (Wildman–Crippen LogP) is 1.96. The number of ether oxygens (including phenoxy) is 1. The fourth-order valence-electron chi connectivity index (χ4n) is 3.06. The summed E-state index contributed by atoms with van der Waals surface area (Å²) in [6, 6.07) is 0.501. The summed E-state index contributed by atoms with van der Waals surface area (Å²) in [5.41, 5.74) is 1.05. The minimum absolute atomic E-state index is 0.110. The van der Waals surface area contributed by atoms with Crippen LogP contribution in [-0.2, 0) is 17.8 Å². The number of rotatable bonds is 3. The molecule has 1 aromatic rings. The normalized spacial score (nSPS) is 27.6. The average molecular weight is 268 g/mol. The summed E-state index contributed by atoms with van der Waals surface area (Å²) in [6.07, 6.45) is 4.93. The number of fused-ring (bicyclic) bond motifs is 1. The van der Waals surface area contributed by atoms with Crippen LogP contribution in [0.25, 0.3) is 0 Å². The Kier molecular flexibility index (Phi) is 3.54. The first-order valence-electron chi connectivity index (χ1n) is 6.81. The molecule has 1 N–H and O–H groups in total. The van der Waals surface area contributed by atoms with E-state index in [2.05, 4.69) is 11.8 Å². The molecule has 2 atom stereocenters. The number of hydrogen-bond donors (Lipinski definition) is 1. The van der Waals surface area contributed by atoms with E-state index in [0.29, 0.717) is 12.1 Å². The second-order valence-corrected chi connectivity index (χ2v) is 6.04. The molecule has 0 radical (unpaired) electrons. The van der Waals surface area contributed by atoms with Crippen LogP contribution in [0.15, 0.2) is 0 Å². The maximum absolute atomic E-state index is 9.38. The van der Waals surface area contributed by atoms with Gasteiger partial charge in [0.15, 0.2) is 5.13 Å². The molecule has 4 nitrogen and oxygen atoms in total. The second-order valence-electron chi connectivity index (χ2n) is 4.98. The molecule has 18 heavy (non-hydrogen) atoms. The molecule has 100 valence electrons. The molecule has 1 saturated heterocycles. The van der Waals surface area contributed by atoms with Crippen LogP contribution in [-0.4, -0.2) is 35.4 Å². The van der Waals surface area contributed by atoms with Gasteiger partial charge in [0.05, 0.1) is 35.9 Å². The Hall–Kier alpha value is -0.650. The molecule has 0 spiro atoms. The number of aliphatic hydroxyl groups excluding tert-OH is 1. The molecule has 2 unspecified atom stereocenters. The highest BCUT2D eigenvalue weighted by atomic mass is 32.1. The Labute approximate surface area is 112 Å². The number of aliphatic hydroxyl groups is 1. The smallest absolute Gasteiger partial charge is 0.186 e. The number of thiazole rings is 1. The maximum atomic E-state index is 9.38. The molecule has 2 aliphatic rings. The van der Waals surface area contributed by atoms with E-state index < -0.39 is 0 Å². The van der Waals surface area contributed by atoms with Gasteiger partial charge in [-0.1, -0.05) is 18.3 Å². The fourth-order valence-corrected chi connectivity index (χ4v) is 4.15. The van der Waals surface area contributed by atoms with E-state index in [9.17, 15) is 5.11 Å². The van der Waals surface area contributed by atoms with Crippen molar-refractivity contribution in [3.63, 3.8) is 0 Å². The molecule has 0 amide bonds. The van der Waals surface area contributed by atoms with Crippen LogP contribution in [0.2, 0.25) is 0 Å². The van der Waals surface area contributed by atoms with E-state index in [4.69, 9.17) is 9.72 Å². The summed E-state index contributed by atoms with van der Waals surface area (Å²) in [5, 5.41) is 10.5. The zero-order chi connectivity index (χ0) is 12.5. The Balaban J connectivity index is 1.86. The van der Waals surface area contributed by atoms with Gasteiger partial charge in [-0.2, -0.15) is 0 Å². The third-order valence-electron chi connectivity index (χ3n) is 3.97. The zero-order valence-corrected chi connectivity index (χ0v) is 11.6. The lowest BCUT2D eigenvalue weighted by Crippen LogP contribution is -2.48. The molecule has 2 heterocycles. The number of aryl methyl sites for hydroxylation is 1. The lowest BCUT2D eigenvalue weighted by atomic mass is 10.1. The van der Waals surface area contributed by atoms with E-state index >= 15 is 0 Å². The minimum atomic E-state index is 0.110. The molecule has 0 aromatic carbocycles. The maximum Gasteiger partial charge on any atom is 0.186 e. The van der Waals surface area contributed by atoms with Crippen molar-refractivity contribution in [1.29, 1.82) is 0 Å². The first-order valence-corrected chi connectivity index (χ1v) is 7.62. The molecule has 1 aliphatic heterocycles. The fraction of sp³-hybridized carbons (Fsp3) is 0.769. The summed E-state index contributed by atoms with van der Waals surface area (Å²) in [4.78, 5) is 8.14. The Morgan fingerprint density at radius 2 is 2.39 bits per heavy atom. The van der Waals surface area contributed by atoms with E-state index in [-0.39, 0.29) is 6.61 Å². The number of aromatic nitrogens is 1. The number of morpholine rings is 1. The van der Waals surface area contributed by atoms with Crippen LogP contribution < -0.4 is 4.90 Å². The molecule has 1 aromatic heterocycles. The Bertz CT molecular complexity index is 400. The standard InChI is InChI=1S/C13H20N2O2S/c1-2-9-12(8-16)18-13(14-9)15-6-7-17-11-5-3-4-10(11)15/h10-11,16H,2-8H2,1H3. The topological polar surface area (TPSA) is 45.6 Å². The van der Waals surface area contributed by atoms with Crippen LogP contribution in [0, 0.1) is 0 Å². The molecule has 5 heteroatoms. The lowest BCUT2D eigenvalue weighted by molar-refractivity contribution is 0.0256. The molecule has 3 rings (SSSR count). The van der Waals surface area contributed by atoms with Crippen molar-refractivity contribution in [3.05, 3.63) is 10.6 Å². The van der Waals surface area contributed by atoms with Crippen LogP contribution in [0.5, 0.6) is 0 Å². The largest absolute Gasteiger partial charge is 0.391 e. The van der Waals surface area contributed by atoms with E-state index in [0.717, 1.165) is 35.3 Å². The van der Waals surface area contributed by atoms with E-state index in [1.807, 2.05) is 0 Å². The van der Waals surface area contributed by atoms with Gasteiger partial charge in [0.2, 0.25) is 0 Å². The molecule has 0 bridgehead atoms. The van der Waals surface area contributed by atoms with Crippen molar-refractivity contribution < 1.29 is 9.84 Å². The highest BCUT2D eigenvalue weighted by Crippen LogP contribution is 2.36. The first-order chi connectivity index (χ1) is 8.83. The number of hydrogen-bond acceptors (Lipinski definition) is 5. The third-order valence-corrected chi connectivity index (χ3v) is 5.09. The van der Waals surface area contributed by atoms with Gasteiger partial charge in [-0.15, -0.1) is 0 Å². The summed E-state index contributed by atoms with van der Waals surface area (Å²) in [7, 11) is 0. The quantitative estimate of drug-likeness (QED) is 0.910. The van der Waals surface area contributed by atoms with Crippen LogP contribution in [0.3, 0.4) is 0 Å². The molecular formula is C13H20N2O2S. The summed E-state index contributed by atoms with van der Waals surface area (Å²) >= 11 is 1.65. The predicted molar refractivity (Wildman–Crippen MR) is 72.1 cm³/mol. The van der Waals surface area contributed by atoms with E-state index in [1.165, 1.54) is 19.3 Å². The van der Waals surface area contributed by atoms with Crippen LogP contribution in [0.1, 0.15) is 36.8 Å². The van der Waals surface area contributed by atoms with Gasteiger partial charge in [0.25, 0.3) is 0 Å². The van der Waals surface area contributed by atoms with Gasteiger partial charge in [0, 0.05) is 6.54 Å². The Morgan fingerprint density at radius 1 is 1.50 bits per heavy atom. The van der Waals surface area contributed by atoms with Crippen molar-refractivity contribution >= 4 is 16.5 Å². The van der Waals surface area contributed by atoms with Gasteiger partial charge < -0.3 is 14.7 Å². The molecule has 1 saturated carbocycles. The van der Waals surface area contributed by atoms with Gasteiger partial charge >= 0.3 is 0 Å². The molecule has 1 aliphatic carbocycles. The highest BCUT2D eigenvalue weighted by molar-refractivity contribution is 7.15. The summed E-state index contributed by atoms with van der Waals surface area (Å²) in [6.45, 7) is 3.94. The number of anilines is 1. The lowest BCUT2D eigenvalue weighted by Gasteiger charge is -2.37. The third kappa shape index (κ3) is 2.04. The number of nitrogens with zero attached hydrogens (tertiary/aromatic N) is 2. The van der Waals surface area contributed by atoms with Crippen molar-refractivity contribution in [2.45, 2.75) is 51.4 Å². The van der Waals surface area contributed by atoms with Crippen LogP contribution in [0.4, 0.5) is 5.13 Å². The summed E-state index contributed by atoms with van der Waals surface area (Å²) < 4.78 is 5.83. The van der Waals surface area contributed by atoms with Crippen molar-refractivity contribution in [3.8, 4) is 0 Å². The van der Waals surface area contributed by atoms with Crippen LogP contribution >= 0.6 is 11.3 Å². The SMILES string of the molecule is CCc1nc(N2CCOC3CCCC32)sc1CO. The minimum Gasteiger partial charge on any atom is -0.391 e. The summed E-state index contributed by atoms with van der Waals surface area (Å²) in [5.74, 6) is 0. The monoisotopic (exact) mass is 268 g/mol. The van der Waals surface area contributed by atoms with Gasteiger partial charge in [-0.3, -0.25) is 0 Å². The Morgan fingerprint density at radius 3 is 3.11 bits per heavy atom. The van der Waals surface area contributed by atoms with Crippen molar-refractivity contribution in [2.75, 3.05) is 18.1 Å². The van der Waals surface area contributed by atoms with Crippen molar-refractivity contribution in [2.24, 2.45) is 0 Å². The highest BCUT2D eigenvalue weighted by Gasteiger charge is 2.37. The first kappa shape index (κ1) is 12.4.